The average Bonchev–Trinajstić information content (AvgIpc) is 2.43. The molecule has 0 saturated heterocycles. The Morgan fingerprint density at radius 1 is 1.05 bits per heavy atom. The lowest BCUT2D eigenvalue weighted by atomic mass is 10.00. The van der Waals surface area contributed by atoms with Crippen molar-refractivity contribution in [2.75, 3.05) is 27.6 Å². The lowest BCUT2D eigenvalue weighted by Crippen LogP contribution is -2.35. The molecular weight excluding hydrogens is 360 g/mol. The number of ether oxygens (including phenoxy) is 3. The Morgan fingerprint density at radius 3 is 1.95 bits per heavy atom. The van der Waals surface area contributed by atoms with Gasteiger partial charge in [-0.3, -0.25) is 0 Å². The van der Waals surface area contributed by atoms with Crippen LogP contribution in [0.4, 0.5) is 0 Å². The van der Waals surface area contributed by atoms with Gasteiger partial charge in [-0.15, -0.1) is 0 Å². The minimum absolute atomic E-state index is 0.436. The molecule has 0 radical (unpaired) electrons. The first-order chi connectivity index (χ1) is 9.61. The van der Waals surface area contributed by atoms with Crippen molar-refractivity contribution in [3.05, 3.63) is 17.7 Å². The fourth-order valence-electron chi connectivity index (χ4n) is 1.89. The summed E-state index contributed by atoms with van der Waals surface area (Å²) < 4.78 is 39.0. The molecule has 0 spiro atoms. The van der Waals surface area contributed by atoms with E-state index in [1.807, 2.05) is 0 Å². The van der Waals surface area contributed by atoms with E-state index in [0.717, 1.165) is 0 Å². The van der Waals surface area contributed by atoms with Gasteiger partial charge in [0.1, 0.15) is 0 Å². The molecule has 120 valence electrons. The van der Waals surface area contributed by atoms with Gasteiger partial charge in [-0.2, -0.15) is 0 Å². The first-order valence-electron chi connectivity index (χ1n) is 6.24. The number of hydrogen-bond acceptors (Lipinski definition) is 5. The number of rotatable bonds is 6. The van der Waals surface area contributed by atoms with Gasteiger partial charge in [0, 0.05) is 11.8 Å². The van der Waals surface area contributed by atoms with Gasteiger partial charge in [-0.1, -0.05) is 22.0 Å². The van der Waals surface area contributed by atoms with Gasteiger partial charge >= 0.3 is 0 Å². The number of halogens is 1. The Balaban J connectivity index is 3.51. The fourth-order valence-corrected chi connectivity index (χ4v) is 3.77. The summed E-state index contributed by atoms with van der Waals surface area (Å²) in [5.74, 6) is 1.41. The van der Waals surface area contributed by atoms with Crippen LogP contribution in [0.1, 0.15) is 24.2 Å². The molecule has 0 saturated carbocycles. The predicted molar refractivity (Wildman–Crippen MR) is 86.7 cm³/mol. The van der Waals surface area contributed by atoms with Crippen LogP contribution < -0.4 is 14.2 Å². The van der Waals surface area contributed by atoms with E-state index in [1.54, 1.807) is 26.0 Å². The average molecular weight is 381 g/mol. The number of alkyl halides is 1. The highest BCUT2D eigenvalue weighted by Gasteiger charge is 2.40. The number of hydrogen-bond donors (Lipinski definition) is 0. The van der Waals surface area contributed by atoms with E-state index in [2.05, 4.69) is 15.9 Å². The molecule has 0 aliphatic heterocycles. The van der Waals surface area contributed by atoms with Crippen molar-refractivity contribution >= 4 is 25.8 Å². The van der Waals surface area contributed by atoms with Crippen LogP contribution in [-0.2, 0) is 9.84 Å². The molecule has 0 fully saturated rings. The Labute approximate surface area is 134 Å². The van der Waals surface area contributed by atoms with Gasteiger partial charge in [0.25, 0.3) is 0 Å². The molecule has 0 aliphatic carbocycles. The van der Waals surface area contributed by atoms with E-state index in [4.69, 9.17) is 14.2 Å². The Kier molecular flexibility index (Phi) is 5.55. The summed E-state index contributed by atoms with van der Waals surface area (Å²) >= 11 is 3.49. The molecule has 0 aromatic heterocycles. The summed E-state index contributed by atoms with van der Waals surface area (Å²) in [5, 5.41) is 0. The maximum absolute atomic E-state index is 12.0. The second-order valence-electron chi connectivity index (χ2n) is 5.16. The van der Waals surface area contributed by atoms with Gasteiger partial charge in [0.2, 0.25) is 5.75 Å². The van der Waals surface area contributed by atoms with Crippen molar-refractivity contribution in [1.82, 2.24) is 0 Å². The van der Waals surface area contributed by atoms with Crippen LogP contribution in [0.5, 0.6) is 17.2 Å². The molecular formula is C14H21BrO5S. The first-order valence-corrected chi connectivity index (χ1v) is 9.05. The van der Waals surface area contributed by atoms with E-state index < -0.39 is 19.4 Å². The fraction of sp³-hybridized carbons (Fsp3) is 0.571. The lowest BCUT2D eigenvalue weighted by molar-refractivity contribution is 0.321. The number of sulfone groups is 1. The zero-order valence-electron chi connectivity index (χ0n) is 13.1. The smallest absolute Gasteiger partial charge is 0.203 e. The van der Waals surface area contributed by atoms with Crippen molar-refractivity contribution in [3.63, 3.8) is 0 Å². The van der Waals surface area contributed by atoms with Gasteiger partial charge in [-0.25, -0.2) is 8.42 Å². The third-order valence-corrected chi connectivity index (χ3v) is 7.66. The summed E-state index contributed by atoms with van der Waals surface area (Å²) in [6, 6.07) is 3.50. The van der Waals surface area contributed by atoms with Crippen molar-refractivity contribution in [1.29, 1.82) is 0 Å². The van der Waals surface area contributed by atoms with E-state index in [1.165, 1.54) is 27.6 Å². The largest absolute Gasteiger partial charge is 0.493 e. The van der Waals surface area contributed by atoms with E-state index >= 15 is 0 Å². The molecule has 1 atom stereocenters. The van der Waals surface area contributed by atoms with Gasteiger partial charge < -0.3 is 14.2 Å². The van der Waals surface area contributed by atoms with E-state index in [-0.39, 0.29) is 0 Å². The third kappa shape index (κ3) is 3.29. The minimum atomic E-state index is -3.28. The van der Waals surface area contributed by atoms with E-state index in [9.17, 15) is 8.42 Å². The maximum atomic E-state index is 12.0. The summed E-state index contributed by atoms with van der Waals surface area (Å²) in [6.07, 6.45) is 1.22. The van der Waals surface area contributed by atoms with Gasteiger partial charge in [0.15, 0.2) is 21.3 Å². The summed E-state index contributed by atoms with van der Waals surface area (Å²) in [7, 11) is 1.26. The highest BCUT2D eigenvalue weighted by atomic mass is 79.9. The molecule has 7 heteroatoms. The van der Waals surface area contributed by atoms with Crippen LogP contribution in [0.15, 0.2) is 12.1 Å². The predicted octanol–water partition coefficient (Wildman–Crippen LogP) is 2.97. The van der Waals surface area contributed by atoms with Crippen LogP contribution in [0, 0.1) is 0 Å². The second-order valence-corrected chi connectivity index (χ2v) is 8.67. The highest BCUT2D eigenvalue weighted by molar-refractivity contribution is 9.09. The molecule has 1 unspecified atom stereocenters. The Bertz CT molecular complexity index is 610. The highest BCUT2D eigenvalue weighted by Crippen LogP contribution is 2.48. The van der Waals surface area contributed by atoms with Crippen molar-refractivity contribution in [2.45, 2.75) is 23.4 Å². The monoisotopic (exact) mass is 380 g/mol. The minimum Gasteiger partial charge on any atom is -0.493 e. The first kappa shape index (κ1) is 18.1. The van der Waals surface area contributed by atoms with Crippen molar-refractivity contribution in [2.24, 2.45) is 0 Å². The summed E-state index contributed by atoms with van der Waals surface area (Å²) in [6.45, 7) is 3.33. The lowest BCUT2D eigenvalue weighted by Gasteiger charge is -2.30. The molecule has 0 bridgehead atoms. The quantitative estimate of drug-likeness (QED) is 0.709. The van der Waals surface area contributed by atoms with Crippen LogP contribution in [0.25, 0.3) is 0 Å². The molecule has 0 amide bonds. The standard InChI is InChI=1S/C14H21BrO5S/c1-14(2,21(6,16)17)13(15)9-7-8-10(18-3)12(20-5)11(9)19-4/h7-8,13H,1-6H3. The maximum Gasteiger partial charge on any atom is 0.203 e. The Morgan fingerprint density at radius 2 is 1.57 bits per heavy atom. The molecule has 0 aliphatic rings. The van der Waals surface area contributed by atoms with Crippen LogP contribution in [0.2, 0.25) is 0 Å². The summed E-state index contributed by atoms with van der Waals surface area (Å²) in [4.78, 5) is -0.463. The molecule has 1 aromatic rings. The molecule has 5 nitrogen and oxygen atoms in total. The summed E-state index contributed by atoms with van der Waals surface area (Å²) in [5.41, 5.74) is 0.686. The van der Waals surface area contributed by atoms with Crippen molar-refractivity contribution in [3.8, 4) is 17.2 Å². The number of methoxy groups -OCH3 is 3. The molecule has 21 heavy (non-hydrogen) atoms. The number of benzene rings is 1. The molecule has 1 rings (SSSR count). The third-order valence-electron chi connectivity index (χ3n) is 3.57. The zero-order chi connectivity index (χ0) is 16.4. The SMILES string of the molecule is COc1ccc(C(Br)C(C)(C)S(C)(=O)=O)c(OC)c1OC. The molecule has 0 heterocycles. The second kappa shape index (κ2) is 6.44. The molecule has 1 aromatic carbocycles. The van der Waals surface area contributed by atoms with Gasteiger partial charge in [-0.05, 0) is 19.9 Å². The van der Waals surface area contributed by atoms with Crippen LogP contribution >= 0.6 is 15.9 Å². The topological polar surface area (TPSA) is 61.8 Å². The Hall–Kier alpha value is -0.950. The van der Waals surface area contributed by atoms with Crippen LogP contribution in [0.3, 0.4) is 0 Å². The van der Waals surface area contributed by atoms with E-state index in [0.29, 0.717) is 22.8 Å². The van der Waals surface area contributed by atoms with Gasteiger partial charge in [0.05, 0.1) is 30.9 Å². The van der Waals surface area contributed by atoms with Crippen LogP contribution in [-0.4, -0.2) is 40.7 Å². The molecule has 0 N–H and O–H groups in total. The zero-order valence-corrected chi connectivity index (χ0v) is 15.5. The van der Waals surface area contributed by atoms with Crippen molar-refractivity contribution < 1.29 is 22.6 Å². The normalized spacial score (nSPS) is 13.7.